The summed E-state index contributed by atoms with van der Waals surface area (Å²) < 4.78 is 21.6. The Kier molecular flexibility index (Phi) is 5.34. The van der Waals surface area contributed by atoms with Crippen molar-refractivity contribution in [3.05, 3.63) is 47.0 Å². The highest BCUT2D eigenvalue weighted by molar-refractivity contribution is 5.48. The minimum absolute atomic E-state index is 0.757. The standard InChI is InChI=1S/C20H25NO4/c1-22-17-6-5-14(9-18(17)23-2)12-21-8-7-15-10-19(24-3)20(25-4)11-16(15)13-21/h5-6,9-11H,7-8,12-13H2,1-4H3. The highest BCUT2D eigenvalue weighted by Gasteiger charge is 2.20. The highest BCUT2D eigenvalue weighted by atomic mass is 16.5. The molecule has 0 aromatic heterocycles. The second kappa shape index (κ2) is 7.66. The molecule has 2 aromatic rings. The zero-order chi connectivity index (χ0) is 17.8. The Morgan fingerprint density at radius 1 is 0.760 bits per heavy atom. The van der Waals surface area contributed by atoms with E-state index in [0.717, 1.165) is 49.1 Å². The van der Waals surface area contributed by atoms with Crippen LogP contribution in [0.15, 0.2) is 30.3 Å². The van der Waals surface area contributed by atoms with Gasteiger partial charge in [0.05, 0.1) is 28.4 Å². The number of ether oxygens (including phenoxy) is 4. The molecule has 5 heteroatoms. The van der Waals surface area contributed by atoms with E-state index in [1.54, 1.807) is 28.4 Å². The van der Waals surface area contributed by atoms with E-state index in [2.05, 4.69) is 23.1 Å². The molecular weight excluding hydrogens is 318 g/mol. The molecule has 5 nitrogen and oxygen atoms in total. The SMILES string of the molecule is COc1ccc(CN2CCc3cc(OC)c(OC)cc3C2)cc1OC. The number of rotatable bonds is 6. The molecule has 0 unspecified atom stereocenters. The monoisotopic (exact) mass is 343 g/mol. The predicted octanol–water partition coefficient (Wildman–Crippen LogP) is 3.28. The van der Waals surface area contributed by atoms with Gasteiger partial charge in [-0.05, 0) is 47.4 Å². The van der Waals surface area contributed by atoms with Gasteiger partial charge in [-0.1, -0.05) is 6.07 Å². The van der Waals surface area contributed by atoms with Crippen molar-refractivity contribution in [2.75, 3.05) is 35.0 Å². The van der Waals surface area contributed by atoms with E-state index in [1.165, 1.54) is 16.7 Å². The molecule has 134 valence electrons. The Balaban J connectivity index is 1.77. The molecule has 0 radical (unpaired) electrons. The lowest BCUT2D eigenvalue weighted by molar-refractivity contribution is 0.243. The molecule has 0 fully saturated rings. The van der Waals surface area contributed by atoms with Gasteiger partial charge in [-0.25, -0.2) is 0 Å². The summed E-state index contributed by atoms with van der Waals surface area (Å²) in [6, 6.07) is 10.3. The van der Waals surface area contributed by atoms with Crippen molar-refractivity contribution in [2.45, 2.75) is 19.5 Å². The zero-order valence-corrected chi connectivity index (χ0v) is 15.3. The number of nitrogens with zero attached hydrogens (tertiary/aromatic N) is 1. The van der Waals surface area contributed by atoms with Gasteiger partial charge in [0.15, 0.2) is 23.0 Å². The quantitative estimate of drug-likeness (QED) is 0.805. The average molecular weight is 343 g/mol. The van der Waals surface area contributed by atoms with E-state index in [0.29, 0.717) is 0 Å². The third-order valence-corrected chi connectivity index (χ3v) is 4.65. The van der Waals surface area contributed by atoms with E-state index in [-0.39, 0.29) is 0 Å². The maximum absolute atomic E-state index is 5.44. The van der Waals surface area contributed by atoms with Crippen LogP contribution < -0.4 is 18.9 Å². The summed E-state index contributed by atoms with van der Waals surface area (Å²) in [4.78, 5) is 2.43. The van der Waals surface area contributed by atoms with Crippen molar-refractivity contribution in [3.63, 3.8) is 0 Å². The Hall–Kier alpha value is -2.40. The van der Waals surface area contributed by atoms with E-state index < -0.39 is 0 Å². The van der Waals surface area contributed by atoms with Crippen LogP contribution in [0.3, 0.4) is 0 Å². The lowest BCUT2D eigenvalue weighted by Gasteiger charge is -2.29. The summed E-state index contributed by atoms with van der Waals surface area (Å²) in [5.41, 5.74) is 3.84. The van der Waals surface area contributed by atoms with E-state index >= 15 is 0 Å². The molecule has 3 rings (SSSR count). The van der Waals surface area contributed by atoms with Crippen LogP contribution in [0.25, 0.3) is 0 Å². The highest BCUT2D eigenvalue weighted by Crippen LogP contribution is 2.34. The maximum atomic E-state index is 5.44. The minimum Gasteiger partial charge on any atom is -0.493 e. The van der Waals surface area contributed by atoms with Gasteiger partial charge in [-0.15, -0.1) is 0 Å². The zero-order valence-electron chi connectivity index (χ0n) is 15.3. The molecule has 2 aromatic carbocycles. The molecule has 0 N–H and O–H groups in total. The molecule has 1 heterocycles. The summed E-state index contributed by atoms with van der Waals surface area (Å²) in [7, 11) is 6.67. The maximum Gasteiger partial charge on any atom is 0.161 e. The molecule has 0 saturated carbocycles. The van der Waals surface area contributed by atoms with Crippen molar-refractivity contribution >= 4 is 0 Å². The lowest BCUT2D eigenvalue weighted by Crippen LogP contribution is -2.30. The van der Waals surface area contributed by atoms with Crippen molar-refractivity contribution < 1.29 is 18.9 Å². The average Bonchev–Trinajstić information content (AvgIpc) is 2.66. The van der Waals surface area contributed by atoms with Crippen LogP contribution in [0.2, 0.25) is 0 Å². The van der Waals surface area contributed by atoms with Crippen molar-refractivity contribution in [1.82, 2.24) is 4.90 Å². The summed E-state index contributed by atoms with van der Waals surface area (Å²) in [6.07, 6.45) is 1.00. The van der Waals surface area contributed by atoms with Gasteiger partial charge >= 0.3 is 0 Å². The number of methoxy groups -OCH3 is 4. The van der Waals surface area contributed by atoms with Crippen molar-refractivity contribution in [1.29, 1.82) is 0 Å². The smallest absolute Gasteiger partial charge is 0.161 e. The second-order valence-electron chi connectivity index (χ2n) is 6.13. The molecular formula is C20H25NO4. The van der Waals surface area contributed by atoms with Crippen molar-refractivity contribution in [3.8, 4) is 23.0 Å². The summed E-state index contributed by atoms with van der Waals surface area (Å²) >= 11 is 0. The summed E-state index contributed by atoms with van der Waals surface area (Å²) in [5.74, 6) is 3.11. The fraction of sp³-hybridized carbons (Fsp3) is 0.400. The second-order valence-corrected chi connectivity index (χ2v) is 6.13. The molecule has 25 heavy (non-hydrogen) atoms. The molecule has 1 aliphatic heterocycles. The fourth-order valence-corrected chi connectivity index (χ4v) is 3.31. The van der Waals surface area contributed by atoms with Gasteiger partial charge in [-0.3, -0.25) is 4.90 Å². The first kappa shape index (κ1) is 17.4. The molecule has 0 saturated heterocycles. The van der Waals surface area contributed by atoms with Gasteiger partial charge < -0.3 is 18.9 Å². The molecule has 0 aliphatic carbocycles. The van der Waals surface area contributed by atoms with Crippen LogP contribution in [0.4, 0.5) is 0 Å². The first-order valence-corrected chi connectivity index (χ1v) is 8.35. The predicted molar refractivity (Wildman–Crippen MR) is 96.9 cm³/mol. The molecule has 0 amide bonds. The topological polar surface area (TPSA) is 40.2 Å². The third kappa shape index (κ3) is 3.66. The van der Waals surface area contributed by atoms with Gasteiger partial charge in [0.25, 0.3) is 0 Å². The summed E-state index contributed by atoms with van der Waals surface area (Å²) in [6.45, 7) is 2.77. The summed E-state index contributed by atoms with van der Waals surface area (Å²) in [5, 5.41) is 0. The Bertz CT molecular complexity index is 745. The minimum atomic E-state index is 0.757. The van der Waals surface area contributed by atoms with Gasteiger partial charge in [0.1, 0.15) is 0 Å². The molecule has 0 bridgehead atoms. The number of fused-ring (bicyclic) bond motifs is 1. The van der Waals surface area contributed by atoms with Gasteiger partial charge in [0.2, 0.25) is 0 Å². The lowest BCUT2D eigenvalue weighted by atomic mass is 9.98. The first-order valence-electron chi connectivity index (χ1n) is 8.35. The van der Waals surface area contributed by atoms with Crippen LogP contribution in [0, 0.1) is 0 Å². The van der Waals surface area contributed by atoms with E-state index in [9.17, 15) is 0 Å². The normalized spacial score (nSPS) is 13.9. The number of benzene rings is 2. The van der Waals surface area contributed by atoms with E-state index in [1.807, 2.05) is 12.1 Å². The van der Waals surface area contributed by atoms with Crippen molar-refractivity contribution in [2.24, 2.45) is 0 Å². The van der Waals surface area contributed by atoms with Crippen LogP contribution in [0.1, 0.15) is 16.7 Å². The number of hydrogen-bond donors (Lipinski definition) is 0. The van der Waals surface area contributed by atoms with Crippen LogP contribution in [-0.4, -0.2) is 39.9 Å². The van der Waals surface area contributed by atoms with Crippen LogP contribution >= 0.6 is 0 Å². The fourth-order valence-electron chi connectivity index (χ4n) is 3.31. The largest absolute Gasteiger partial charge is 0.493 e. The van der Waals surface area contributed by atoms with E-state index in [4.69, 9.17) is 18.9 Å². The number of hydrogen-bond acceptors (Lipinski definition) is 5. The third-order valence-electron chi connectivity index (χ3n) is 4.65. The van der Waals surface area contributed by atoms with Gasteiger partial charge in [0, 0.05) is 19.6 Å². The van der Waals surface area contributed by atoms with Gasteiger partial charge in [-0.2, -0.15) is 0 Å². The Morgan fingerprint density at radius 3 is 2.00 bits per heavy atom. The molecule has 0 spiro atoms. The van der Waals surface area contributed by atoms with Crippen LogP contribution in [-0.2, 0) is 19.5 Å². The first-order chi connectivity index (χ1) is 12.2. The Morgan fingerprint density at radius 2 is 1.36 bits per heavy atom. The molecule has 0 atom stereocenters. The molecule has 1 aliphatic rings. The Labute approximate surface area is 149 Å². The van der Waals surface area contributed by atoms with Crippen LogP contribution in [0.5, 0.6) is 23.0 Å².